The standard InChI is InChI=1S/C43H53N7O7.4H2S/c1-25(2)36(47-42(54)56-5)40(52)49-18-8-12-33(49)23-45-39(51)32-11-7-10-27(22-32)28-14-15-30-21-31(17-16-29(30)20-28)34-24-44-38(46-34)35-13-9-19-50(35)41(53)37(26(3)4)48-43(55)57-6;;;;/h7,10-11,14-17,20-22,24-26,33,35-37H,8-9,12-13,18-19,23H2,1-6H3,(H,44,46)(H,45,51)(H,47,54)(H,48,55);4*1H2/t33-,35-,36-,37-;;;;/m0..../s1. The van der Waals surface area contributed by atoms with E-state index in [1.54, 1.807) is 22.1 Å². The van der Waals surface area contributed by atoms with Gasteiger partial charge in [0.15, 0.2) is 0 Å². The number of hydrogen-bond donors (Lipinski definition) is 4. The summed E-state index contributed by atoms with van der Waals surface area (Å²) < 4.78 is 9.48. The Morgan fingerprint density at radius 1 is 0.721 bits per heavy atom. The molecule has 2 aliphatic heterocycles. The van der Waals surface area contributed by atoms with Crippen LogP contribution in [-0.4, -0.2) is 102 Å². The molecular weight excluding hydrogens is 855 g/mol. The second-order valence-electron chi connectivity index (χ2n) is 15.5. The monoisotopic (exact) mass is 915 g/mol. The highest BCUT2D eigenvalue weighted by molar-refractivity contribution is 7.59. The molecule has 3 heterocycles. The molecule has 3 aromatic carbocycles. The van der Waals surface area contributed by atoms with Crippen molar-refractivity contribution >= 4 is 94.7 Å². The summed E-state index contributed by atoms with van der Waals surface area (Å²) in [6.45, 7) is 8.98. The van der Waals surface area contributed by atoms with Crippen molar-refractivity contribution in [2.75, 3.05) is 33.9 Å². The normalized spacial score (nSPS) is 16.6. The van der Waals surface area contributed by atoms with Gasteiger partial charge in [0.05, 0.1) is 32.2 Å². The lowest BCUT2D eigenvalue weighted by atomic mass is 9.98. The van der Waals surface area contributed by atoms with Crippen LogP contribution in [0.1, 0.15) is 75.6 Å². The number of nitrogens with zero attached hydrogens (tertiary/aromatic N) is 3. The number of methoxy groups -OCH3 is 2. The minimum Gasteiger partial charge on any atom is -0.453 e. The minimum absolute atomic E-state index is 0. The number of imidazole rings is 1. The fourth-order valence-corrected chi connectivity index (χ4v) is 7.81. The number of aromatic amines is 1. The molecule has 1 aromatic heterocycles. The van der Waals surface area contributed by atoms with E-state index in [-0.39, 0.29) is 95.6 Å². The molecule has 334 valence electrons. The molecule has 0 aliphatic carbocycles. The van der Waals surface area contributed by atoms with Crippen LogP contribution < -0.4 is 16.0 Å². The number of rotatable bonds is 12. The van der Waals surface area contributed by atoms with Crippen molar-refractivity contribution in [2.45, 2.75) is 77.5 Å². The number of H-pyrrole nitrogens is 1. The van der Waals surface area contributed by atoms with Gasteiger partial charge in [0, 0.05) is 36.8 Å². The van der Waals surface area contributed by atoms with E-state index in [1.165, 1.54) is 14.2 Å². The average molecular weight is 916 g/mol. The van der Waals surface area contributed by atoms with Crippen molar-refractivity contribution in [2.24, 2.45) is 11.8 Å². The van der Waals surface area contributed by atoms with Gasteiger partial charge in [0.2, 0.25) is 11.8 Å². The maximum absolute atomic E-state index is 13.6. The summed E-state index contributed by atoms with van der Waals surface area (Å²) in [6, 6.07) is 18.0. The van der Waals surface area contributed by atoms with E-state index in [1.807, 2.05) is 58.0 Å². The topological polar surface area (TPSA) is 175 Å². The molecule has 61 heavy (non-hydrogen) atoms. The largest absolute Gasteiger partial charge is 0.453 e. The number of alkyl carbamates (subject to hydrolysis) is 2. The van der Waals surface area contributed by atoms with Gasteiger partial charge in [-0.25, -0.2) is 14.6 Å². The zero-order valence-corrected chi connectivity index (χ0v) is 39.5. The number of hydrogen-bond acceptors (Lipinski definition) is 8. The van der Waals surface area contributed by atoms with Crippen molar-refractivity contribution in [3.05, 3.63) is 78.2 Å². The van der Waals surface area contributed by atoms with Gasteiger partial charge in [-0.1, -0.05) is 64.1 Å². The molecule has 5 amide bonds. The van der Waals surface area contributed by atoms with Crippen molar-refractivity contribution < 1.29 is 33.4 Å². The van der Waals surface area contributed by atoms with E-state index >= 15 is 0 Å². The Morgan fingerprint density at radius 2 is 1.26 bits per heavy atom. The highest BCUT2D eigenvalue weighted by Gasteiger charge is 2.38. The SMILES string of the molecule is COC(=O)N[C@H](C(=O)N1CCC[C@H]1CNC(=O)c1cccc(-c2ccc3cc(-c4cnc([C@@H]5CCCN5C(=O)[C@@H](NC(=O)OC)C(C)C)[nH]4)ccc3c2)c1)C(C)C.S.S.S.S. The maximum atomic E-state index is 13.6. The smallest absolute Gasteiger partial charge is 0.407 e. The van der Waals surface area contributed by atoms with Gasteiger partial charge in [-0.15, -0.1) is 0 Å². The zero-order valence-electron chi connectivity index (χ0n) is 35.5. The molecule has 2 aliphatic rings. The Labute approximate surface area is 385 Å². The second-order valence-corrected chi connectivity index (χ2v) is 15.5. The molecule has 4 atom stereocenters. The van der Waals surface area contributed by atoms with Crippen molar-refractivity contribution in [1.82, 2.24) is 35.7 Å². The molecule has 0 saturated carbocycles. The third-order valence-electron chi connectivity index (χ3n) is 11.0. The van der Waals surface area contributed by atoms with Crippen LogP contribution in [0.2, 0.25) is 0 Å². The first-order chi connectivity index (χ1) is 27.4. The first-order valence-electron chi connectivity index (χ1n) is 19.7. The summed E-state index contributed by atoms with van der Waals surface area (Å²) >= 11 is 0. The number of likely N-dealkylation sites (tertiary alicyclic amines) is 2. The maximum Gasteiger partial charge on any atom is 0.407 e. The Bertz CT molecular complexity index is 2140. The summed E-state index contributed by atoms with van der Waals surface area (Å²) in [4.78, 5) is 75.9. The number of benzene rings is 3. The number of fused-ring (bicyclic) bond motifs is 1. The van der Waals surface area contributed by atoms with Gasteiger partial charge >= 0.3 is 12.2 Å². The van der Waals surface area contributed by atoms with E-state index in [0.717, 1.165) is 58.8 Å². The molecule has 0 unspecified atom stereocenters. The van der Waals surface area contributed by atoms with E-state index in [9.17, 15) is 24.0 Å². The number of nitrogens with one attached hydrogen (secondary N) is 4. The lowest BCUT2D eigenvalue weighted by Gasteiger charge is -2.30. The van der Waals surface area contributed by atoms with Crippen LogP contribution in [0.25, 0.3) is 33.2 Å². The summed E-state index contributed by atoms with van der Waals surface area (Å²) in [5.74, 6) is -0.0984. The van der Waals surface area contributed by atoms with Crippen LogP contribution in [0.3, 0.4) is 0 Å². The summed E-state index contributed by atoms with van der Waals surface area (Å²) in [5.41, 5.74) is 4.17. The van der Waals surface area contributed by atoms with E-state index < -0.39 is 24.3 Å². The molecule has 2 saturated heterocycles. The van der Waals surface area contributed by atoms with E-state index in [2.05, 4.69) is 50.2 Å². The number of aromatic nitrogens is 2. The molecule has 14 nitrogen and oxygen atoms in total. The van der Waals surface area contributed by atoms with Crippen LogP contribution >= 0.6 is 54.0 Å². The van der Waals surface area contributed by atoms with Gasteiger partial charge in [0.1, 0.15) is 17.9 Å². The van der Waals surface area contributed by atoms with Gasteiger partial charge < -0.3 is 40.2 Å². The van der Waals surface area contributed by atoms with Gasteiger partial charge in [-0.05, 0) is 83.7 Å². The van der Waals surface area contributed by atoms with E-state index in [0.29, 0.717) is 31.0 Å². The number of ether oxygens (including phenoxy) is 2. The van der Waals surface area contributed by atoms with Gasteiger partial charge in [-0.3, -0.25) is 14.4 Å². The molecule has 4 aromatic rings. The Balaban J connectivity index is 0.00000320. The Morgan fingerprint density at radius 3 is 1.87 bits per heavy atom. The van der Waals surface area contributed by atoms with Gasteiger partial charge in [0.25, 0.3) is 5.91 Å². The third kappa shape index (κ3) is 12.3. The van der Waals surface area contributed by atoms with Crippen molar-refractivity contribution in [3.8, 4) is 22.4 Å². The fraction of sp³-hybridized carbons (Fsp3) is 0.442. The zero-order chi connectivity index (χ0) is 40.8. The second kappa shape index (κ2) is 23.6. The lowest BCUT2D eigenvalue weighted by Crippen LogP contribution is -2.54. The highest BCUT2D eigenvalue weighted by atomic mass is 32.1. The number of carbonyl (C=O) groups is 5. The predicted octanol–water partition coefficient (Wildman–Crippen LogP) is 6.49. The van der Waals surface area contributed by atoms with Crippen molar-refractivity contribution in [3.63, 3.8) is 0 Å². The summed E-state index contributed by atoms with van der Waals surface area (Å²) in [5, 5.41) is 10.4. The first-order valence-corrected chi connectivity index (χ1v) is 19.7. The molecule has 2 fully saturated rings. The highest BCUT2D eigenvalue weighted by Crippen LogP contribution is 2.34. The van der Waals surface area contributed by atoms with Crippen molar-refractivity contribution in [1.29, 1.82) is 0 Å². The number of carbonyl (C=O) groups excluding carboxylic acids is 5. The fourth-order valence-electron chi connectivity index (χ4n) is 7.81. The predicted molar refractivity (Wildman–Crippen MR) is 258 cm³/mol. The molecule has 18 heteroatoms. The van der Waals surface area contributed by atoms with Crippen LogP contribution in [0.15, 0.2) is 66.9 Å². The quantitative estimate of drug-likeness (QED) is 0.125. The third-order valence-corrected chi connectivity index (χ3v) is 11.0. The van der Waals surface area contributed by atoms with Crippen LogP contribution in [-0.2, 0) is 19.1 Å². The molecule has 4 N–H and O–H groups in total. The Hall–Kier alpha value is -4.52. The molecular formula is C43H61N7O7S4. The first kappa shape index (κ1) is 52.6. The summed E-state index contributed by atoms with van der Waals surface area (Å²) in [7, 11) is 2.55. The van der Waals surface area contributed by atoms with Crippen LogP contribution in [0.4, 0.5) is 9.59 Å². The molecule has 6 rings (SSSR count). The lowest BCUT2D eigenvalue weighted by molar-refractivity contribution is -0.136. The molecule has 0 radical (unpaired) electrons. The average Bonchev–Trinajstić information content (AvgIpc) is 4.01. The van der Waals surface area contributed by atoms with Crippen LogP contribution in [0, 0.1) is 11.8 Å². The minimum atomic E-state index is -0.716. The number of amides is 5. The molecule has 0 spiro atoms. The summed E-state index contributed by atoms with van der Waals surface area (Å²) in [6.07, 6.45) is 3.68. The Kier molecular flexibility index (Phi) is 20.4. The molecule has 0 bridgehead atoms. The van der Waals surface area contributed by atoms with E-state index in [4.69, 9.17) is 9.47 Å². The van der Waals surface area contributed by atoms with Crippen LogP contribution in [0.5, 0.6) is 0 Å². The van der Waals surface area contributed by atoms with Gasteiger partial charge in [-0.2, -0.15) is 54.0 Å².